The third-order valence-corrected chi connectivity index (χ3v) is 3.25. The minimum atomic E-state index is -0.131. The molecule has 0 radical (unpaired) electrons. The van der Waals surface area contributed by atoms with Crippen molar-refractivity contribution in [1.82, 2.24) is 5.32 Å². The highest BCUT2D eigenvalue weighted by Crippen LogP contribution is 2.28. The summed E-state index contributed by atoms with van der Waals surface area (Å²) in [6.45, 7) is 4.96. The number of benzene rings is 1. The standard InChI is InChI=1S/C14H20N2O3/c1-9(2)12(7-17)15-6-10-3-4-13-11(5-10)16-14(18)8-19-13/h3-5,9,12,15,17H,6-8H2,1-2H3,(H,16,18). The van der Waals surface area contributed by atoms with Gasteiger partial charge in [-0.25, -0.2) is 0 Å². The molecular weight excluding hydrogens is 244 g/mol. The molecule has 1 atom stereocenters. The van der Waals surface area contributed by atoms with Gasteiger partial charge in [0.2, 0.25) is 0 Å². The van der Waals surface area contributed by atoms with Crippen LogP contribution in [0.1, 0.15) is 19.4 Å². The van der Waals surface area contributed by atoms with E-state index in [1.54, 1.807) is 0 Å². The Balaban J connectivity index is 2.02. The molecule has 0 saturated carbocycles. The van der Waals surface area contributed by atoms with Crippen LogP contribution in [0.3, 0.4) is 0 Å². The van der Waals surface area contributed by atoms with Gasteiger partial charge in [0, 0.05) is 12.6 Å². The fraction of sp³-hybridized carbons (Fsp3) is 0.500. The number of hydrogen-bond acceptors (Lipinski definition) is 4. The zero-order valence-corrected chi connectivity index (χ0v) is 11.3. The molecule has 1 unspecified atom stereocenters. The van der Waals surface area contributed by atoms with E-state index in [1.807, 2.05) is 18.2 Å². The molecule has 0 saturated heterocycles. The van der Waals surface area contributed by atoms with E-state index in [0.717, 1.165) is 5.56 Å². The van der Waals surface area contributed by atoms with Crippen LogP contribution in [-0.4, -0.2) is 30.3 Å². The van der Waals surface area contributed by atoms with E-state index in [9.17, 15) is 9.90 Å². The first-order chi connectivity index (χ1) is 9.10. The van der Waals surface area contributed by atoms with Crippen LogP contribution in [0.5, 0.6) is 5.75 Å². The second kappa shape index (κ2) is 6.04. The lowest BCUT2D eigenvalue weighted by atomic mass is 10.0. The second-order valence-electron chi connectivity index (χ2n) is 5.08. The minimum Gasteiger partial charge on any atom is -0.482 e. The molecule has 2 rings (SSSR count). The van der Waals surface area contributed by atoms with Crippen molar-refractivity contribution in [2.45, 2.75) is 26.4 Å². The monoisotopic (exact) mass is 264 g/mol. The fourth-order valence-electron chi connectivity index (χ4n) is 2.00. The van der Waals surface area contributed by atoms with Crippen LogP contribution < -0.4 is 15.4 Å². The van der Waals surface area contributed by atoms with Crippen molar-refractivity contribution in [1.29, 1.82) is 0 Å². The number of amides is 1. The minimum absolute atomic E-state index is 0.0712. The number of anilines is 1. The highest BCUT2D eigenvalue weighted by molar-refractivity contribution is 5.95. The van der Waals surface area contributed by atoms with Crippen LogP contribution >= 0.6 is 0 Å². The Bertz CT molecular complexity index is 460. The predicted molar refractivity (Wildman–Crippen MR) is 73.1 cm³/mol. The molecular formula is C14H20N2O3. The van der Waals surface area contributed by atoms with E-state index in [4.69, 9.17) is 4.74 Å². The molecule has 1 aliphatic rings. The van der Waals surface area contributed by atoms with Crippen molar-refractivity contribution in [3.63, 3.8) is 0 Å². The Morgan fingerprint density at radius 1 is 1.47 bits per heavy atom. The number of aliphatic hydroxyl groups excluding tert-OH is 1. The Morgan fingerprint density at radius 3 is 2.95 bits per heavy atom. The van der Waals surface area contributed by atoms with E-state index in [2.05, 4.69) is 24.5 Å². The van der Waals surface area contributed by atoms with Crippen LogP contribution in [0.2, 0.25) is 0 Å². The van der Waals surface area contributed by atoms with Gasteiger partial charge < -0.3 is 20.5 Å². The van der Waals surface area contributed by atoms with Gasteiger partial charge in [0.05, 0.1) is 12.3 Å². The lowest BCUT2D eigenvalue weighted by Crippen LogP contribution is -2.36. The van der Waals surface area contributed by atoms with Gasteiger partial charge in [-0.05, 0) is 23.6 Å². The number of carbonyl (C=O) groups excluding carboxylic acids is 1. The molecule has 1 aromatic rings. The van der Waals surface area contributed by atoms with Crippen molar-refractivity contribution in [2.24, 2.45) is 5.92 Å². The maximum absolute atomic E-state index is 11.3. The summed E-state index contributed by atoms with van der Waals surface area (Å²) in [5.74, 6) is 0.935. The molecule has 3 N–H and O–H groups in total. The normalized spacial score (nSPS) is 15.7. The summed E-state index contributed by atoms with van der Waals surface area (Å²) in [5, 5.41) is 15.3. The first kappa shape index (κ1) is 13.8. The van der Waals surface area contributed by atoms with Crippen LogP contribution in [0.4, 0.5) is 5.69 Å². The fourth-order valence-corrected chi connectivity index (χ4v) is 2.00. The van der Waals surface area contributed by atoms with Crippen LogP contribution in [0.25, 0.3) is 0 Å². The molecule has 1 aliphatic heterocycles. The molecule has 0 bridgehead atoms. The number of hydrogen-bond donors (Lipinski definition) is 3. The Kier molecular flexibility index (Phi) is 4.39. The van der Waals surface area contributed by atoms with Gasteiger partial charge in [0.1, 0.15) is 5.75 Å². The van der Waals surface area contributed by atoms with Crippen molar-refractivity contribution in [2.75, 3.05) is 18.5 Å². The number of nitrogens with one attached hydrogen (secondary N) is 2. The van der Waals surface area contributed by atoms with Crippen LogP contribution in [0, 0.1) is 5.92 Å². The number of fused-ring (bicyclic) bond motifs is 1. The summed E-state index contributed by atoms with van der Waals surface area (Å²) in [6, 6.07) is 5.78. The molecule has 0 fully saturated rings. The summed E-state index contributed by atoms with van der Waals surface area (Å²) in [5.41, 5.74) is 1.75. The molecule has 0 aliphatic carbocycles. The van der Waals surface area contributed by atoms with Gasteiger partial charge in [-0.15, -0.1) is 0 Å². The van der Waals surface area contributed by atoms with Crippen molar-refractivity contribution >= 4 is 11.6 Å². The number of ether oxygens (including phenoxy) is 1. The van der Waals surface area contributed by atoms with Gasteiger partial charge in [0.15, 0.2) is 6.61 Å². The number of rotatable bonds is 5. The largest absolute Gasteiger partial charge is 0.482 e. The SMILES string of the molecule is CC(C)C(CO)NCc1ccc2c(c1)NC(=O)CO2. The summed E-state index contributed by atoms with van der Waals surface area (Å²) in [7, 11) is 0. The number of carbonyl (C=O) groups is 1. The van der Waals surface area contributed by atoms with Gasteiger partial charge in [-0.2, -0.15) is 0 Å². The summed E-state index contributed by atoms with van der Waals surface area (Å²) >= 11 is 0. The van der Waals surface area contributed by atoms with E-state index < -0.39 is 0 Å². The first-order valence-electron chi connectivity index (χ1n) is 6.50. The highest BCUT2D eigenvalue weighted by atomic mass is 16.5. The molecule has 5 heteroatoms. The average Bonchev–Trinajstić information content (AvgIpc) is 2.38. The summed E-state index contributed by atoms with van der Waals surface area (Å²) in [6.07, 6.45) is 0. The molecule has 1 heterocycles. The quantitative estimate of drug-likeness (QED) is 0.745. The molecule has 5 nitrogen and oxygen atoms in total. The maximum Gasteiger partial charge on any atom is 0.262 e. The molecule has 1 amide bonds. The third-order valence-electron chi connectivity index (χ3n) is 3.25. The Morgan fingerprint density at radius 2 is 2.26 bits per heavy atom. The van der Waals surface area contributed by atoms with Crippen LogP contribution in [-0.2, 0) is 11.3 Å². The zero-order chi connectivity index (χ0) is 13.8. The van der Waals surface area contributed by atoms with Crippen molar-refractivity contribution in [3.8, 4) is 5.75 Å². The molecule has 1 aromatic carbocycles. The molecule has 19 heavy (non-hydrogen) atoms. The van der Waals surface area contributed by atoms with E-state index >= 15 is 0 Å². The van der Waals surface area contributed by atoms with Crippen molar-refractivity contribution in [3.05, 3.63) is 23.8 Å². The van der Waals surface area contributed by atoms with E-state index in [0.29, 0.717) is 23.9 Å². The average molecular weight is 264 g/mol. The van der Waals surface area contributed by atoms with E-state index in [-0.39, 0.29) is 25.2 Å². The summed E-state index contributed by atoms with van der Waals surface area (Å²) in [4.78, 5) is 11.3. The topological polar surface area (TPSA) is 70.6 Å². The molecule has 0 spiro atoms. The van der Waals surface area contributed by atoms with Gasteiger partial charge in [-0.3, -0.25) is 4.79 Å². The molecule has 104 valence electrons. The zero-order valence-electron chi connectivity index (χ0n) is 11.3. The maximum atomic E-state index is 11.3. The summed E-state index contributed by atoms with van der Waals surface area (Å²) < 4.78 is 5.30. The lowest BCUT2D eigenvalue weighted by Gasteiger charge is -2.21. The van der Waals surface area contributed by atoms with Gasteiger partial charge in [0.25, 0.3) is 5.91 Å². The van der Waals surface area contributed by atoms with Gasteiger partial charge >= 0.3 is 0 Å². The smallest absolute Gasteiger partial charge is 0.262 e. The van der Waals surface area contributed by atoms with Crippen molar-refractivity contribution < 1.29 is 14.6 Å². The Hall–Kier alpha value is -1.59. The lowest BCUT2D eigenvalue weighted by molar-refractivity contribution is -0.118. The third kappa shape index (κ3) is 3.45. The molecule has 0 aromatic heterocycles. The van der Waals surface area contributed by atoms with E-state index in [1.165, 1.54) is 0 Å². The predicted octanol–water partition coefficient (Wildman–Crippen LogP) is 1.12. The first-order valence-corrected chi connectivity index (χ1v) is 6.50. The second-order valence-corrected chi connectivity index (χ2v) is 5.08. The highest BCUT2D eigenvalue weighted by Gasteiger charge is 2.16. The number of aliphatic hydroxyl groups is 1. The van der Waals surface area contributed by atoms with Crippen LogP contribution in [0.15, 0.2) is 18.2 Å². The Labute approximate surface area is 113 Å². The van der Waals surface area contributed by atoms with Gasteiger partial charge in [-0.1, -0.05) is 19.9 Å².